The zero-order valence-electron chi connectivity index (χ0n) is 11.3. The van der Waals surface area contributed by atoms with Gasteiger partial charge in [0.2, 0.25) is 0 Å². The van der Waals surface area contributed by atoms with E-state index in [2.05, 4.69) is 47.6 Å². The van der Waals surface area contributed by atoms with Crippen LogP contribution in [0.15, 0.2) is 48.7 Å². The van der Waals surface area contributed by atoms with E-state index in [0.29, 0.717) is 6.04 Å². The number of aromatic nitrogens is 1. The predicted molar refractivity (Wildman–Crippen MR) is 78.0 cm³/mol. The molecule has 3 rings (SSSR count). The second kappa shape index (κ2) is 5.54. The summed E-state index contributed by atoms with van der Waals surface area (Å²) < 4.78 is 0. The zero-order valence-corrected chi connectivity index (χ0v) is 11.3. The van der Waals surface area contributed by atoms with Gasteiger partial charge in [-0.25, -0.2) is 0 Å². The topological polar surface area (TPSA) is 24.9 Å². The highest BCUT2D eigenvalue weighted by molar-refractivity contribution is 5.26. The minimum Gasteiger partial charge on any atom is -0.308 e. The van der Waals surface area contributed by atoms with E-state index in [1.165, 1.54) is 24.0 Å². The van der Waals surface area contributed by atoms with Crippen LogP contribution in [0.4, 0.5) is 0 Å². The van der Waals surface area contributed by atoms with Crippen LogP contribution in [-0.2, 0) is 6.54 Å². The largest absolute Gasteiger partial charge is 0.308 e. The van der Waals surface area contributed by atoms with E-state index in [-0.39, 0.29) is 0 Å². The molecule has 0 atom stereocenters. The normalized spacial score (nSPS) is 21.9. The quantitative estimate of drug-likeness (QED) is 0.901. The first-order valence-electron chi connectivity index (χ1n) is 7.01. The van der Waals surface area contributed by atoms with Crippen molar-refractivity contribution in [3.05, 3.63) is 65.5 Å². The van der Waals surface area contributed by atoms with Crippen molar-refractivity contribution in [1.29, 1.82) is 0 Å². The Hall–Kier alpha value is -1.67. The average molecular weight is 252 g/mol. The van der Waals surface area contributed by atoms with Gasteiger partial charge in [-0.3, -0.25) is 4.98 Å². The molecule has 1 aliphatic carbocycles. The fourth-order valence-electron chi connectivity index (χ4n) is 2.65. The second-order valence-electron chi connectivity index (χ2n) is 5.48. The second-order valence-corrected chi connectivity index (χ2v) is 5.48. The maximum absolute atomic E-state index is 4.33. The van der Waals surface area contributed by atoms with Crippen molar-refractivity contribution in [2.24, 2.45) is 0 Å². The molecule has 1 N–H and O–H groups in total. The van der Waals surface area contributed by atoms with Crippen LogP contribution in [0.25, 0.3) is 0 Å². The molecule has 0 spiro atoms. The summed E-state index contributed by atoms with van der Waals surface area (Å²) >= 11 is 0. The lowest BCUT2D eigenvalue weighted by Gasteiger charge is -2.36. The lowest BCUT2D eigenvalue weighted by molar-refractivity contribution is 0.288. The van der Waals surface area contributed by atoms with E-state index in [0.717, 1.165) is 18.2 Å². The summed E-state index contributed by atoms with van der Waals surface area (Å²) in [5, 5.41) is 3.58. The van der Waals surface area contributed by atoms with Crippen LogP contribution in [0.1, 0.15) is 35.6 Å². The van der Waals surface area contributed by atoms with E-state index in [9.17, 15) is 0 Å². The lowest BCUT2D eigenvalue weighted by Crippen LogP contribution is -2.39. The summed E-state index contributed by atoms with van der Waals surface area (Å²) in [5.74, 6) is 0.738. The molecule has 2 nitrogen and oxygen atoms in total. The van der Waals surface area contributed by atoms with Crippen LogP contribution in [0.2, 0.25) is 0 Å². The Morgan fingerprint density at radius 1 is 1.11 bits per heavy atom. The van der Waals surface area contributed by atoms with Gasteiger partial charge in [0, 0.05) is 18.8 Å². The van der Waals surface area contributed by atoms with Crippen LogP contribution in [0, 0.1) is 6.92 Å². The molecule has 1 saturated carbocycles. The van der Waals surface area contributed by atoms with Crippen molar-refractivity contribution >= 4 is 0 Å². The fourth-order valence-corrected chi connectivity index (χ4v) is 2.65. The van der Waals surface area contributed by atoms with Crippen molar-refractivity contribution < 1.29 is 0 Å². The molecule has 1 fully saturated rings. The van der Waals surface area contributed by atoms with Gasteiger partial charge in [0.25, 0.3) is 0 Å². The molecule has 2 aromatic rings. The minimum atomic E-state index is 0.647. The molecule has 0 amide bonds. The maximum atomic E-state index is 4.33. The van der Waals surface area contributed by atoms with Crippen molar-refractivity contribution in [2.75, 3.05) is 0 Å². The van der Waals surface area contributed by atoms with Gasteiger partial charge in [0.15, 0.2) is 0 Å². The maximum Gasteiger partial charge on any atom is 0.0541 e. The molecule has 0 unspecified atom stereocenters. The molecule has 0 saturated heterocycles. The molecule has 1 aromatic carbocycles. The standard InChI is InChI=1S/C17H20N2/c1-13-5-7-14(8-6-13)15-10-17(11-15)19-12-16-4-2-3-9-18-16/h2-9,15,17,19H,10-12H2,1H3. The third-order valence-electron chi connectivity index (χ3n) is 3.98. The van der Waals surface area contributed by atoms with Gasteiger partial charge in [-0.2, -0.15) is 0 Å². The van der Waals surface area contributed by atoms with Crippen molar-refractivity contribution in [3.8, 4) is 0 Å². The monoisotopic (exact) mass is 252 g/mol. The molecule has 1 heterocycles. The fraction of sp³-hybridized carbons (Fsp3) is 0.353. The Bertz CT molecular complexity index is 513. The number of pyridine rings is 1. The summed E-state index contributed by atoms with van der Waals surface area (Å²) in [6.07, 6.45) is 4.35. The van der Waals surface area contributed by atoms with Gasteiger partial charge in [-0.05, 0) is 43.4 Å². The highest BCUT2D eigenvalue weighted by Gasteiger charge is 2.29. The van der Waals surface area contributed by atoms with E-state index in [4.69, 9.17) is 0 Å². The van der Waals surface area contributed by atoms with E-state index in [1.807, 2.05) is 18.3 Å². The van der Waals surface area contributed by atoms with E-state index < -0.39 is 0 Å². The van der Waals surface area contributed by atoms with Crippen molar-refractivity contribution in [1.82, 2.24) is 10.3 Å². The van der Waals surface area contributed by atoms with Gasteiger partial charge in [-0.1, -0.05) is 35.9 Å². The van der Waals surface area contributed by atoms with Crippen LogP contribution < -0.4 is 5.32 Å². The van der Waals surface area contributed by atoms with Gasteiger partial charge >= 0.3 is 0 Å². The Labute approximate surface area is 114 Å². The summed E-state index contributed by atoms with van der Waals surface area (Å²) in [4.78, 5) is 4.33. The minimum absolute atomic E-state index is 0.647. The van der Waals surface area contributed by atoms with Gasteiger partial charge in [0.1, 0.15) is 0 Å². The number of aryl methyl sites for hydroxylation is 1. The molecule has 98 valence electrons. The van der Waals surface area contributed by atoms with Gasteiger partial charge in [-0.15, -0.1) is 0 Å². The first-order valence-corrected chi connectivity index (χ1v) is 7.01. The van der Waals surface area contributed by atoms with Crippen LogP contribution >= 0.6 is 0 Å². The number of nitrogens with one attached hydrogen (secondary N) is 1. The van der Waals surface area contributed by atoms with Crippen molar-refractivity contribution in [3.63, 3.8) is 0 Å². The predicted octanol–water partition coefficient (Wildman–Crippen LogP) is 3.43. The third-order valence-corrected chi connectivity index (χ3v) is 3.98. The first-order chi connectivity index (χ1) is 9.31. The summed E-state index contributed by atoms with van der Waals surface area (Å²) in [6.45, 7) is 3.02. The smallest absolute Gasteiger partial charge is 0.0541 e. The summed E-state index contributed by atoms with van der Waals surface area (Å²) in [6, 6.07) is 15.7. The lowest BCUT2D eigenvalue weighted by atomic mass is 9.76. The highest BCUT2D eigenvalue weighted by Crippen LogP contribution is 2.36. The first kappa shape index (κ1) is 12.4. The van der Waals surface area contributed by atoms with Gasteiger partial charge < -0.3 is 5.32 Å². The molecule has 1 aromatic heterocycles. The molecular formula is C17H20N2. The Balaban J connectivity index is 1.47. The Kier molecular flexibility index (Phi) is 3.60. The van der Waals surface area contributed by atoms with E-state index in [1.54, 1.807) is 0 Å². The third kappa shape index (κ3) is 3.02. The van der Waals surface area contributed by atoms with Crippen LogP contribution in [-0.4, -0.2) is 11.0 Å². The van der Waals surface area contributed by atoms with Crippen molar-refractivity contribution in [2.45, 2.75) is 38.3 Å². The number of hydrogen-bond donors (Lipinski definition) is 1. The SMILES string of the molecule is Cc1ccc(C2CC(NCc3ccccn3)C2)cc1. The van der Waals surface area contributed by atoms with E-state index >= 15 is 0 Å². The molecule has 0 aliphatic heterocycles. The Morgan fingerprint density at radius 3 is 2.58 bits per heavy atom. The zero-order chi connectivity index (χ0) is 13.1. The number of benzene rings is 1. The Morgan fingerprint density at radius 2 is 1.89 bits per heavy atom. The van der Waals surface area contributed by atoms with Gasteiger partial charge in [0.05, 0.1) is 5.69 Å². The number of hydrogen-bond acceptors (Lipinski definition) is 2. The summed E-state index contributed by atoms with van der Waals surface area (Å²) in [7, 11) is 0. The molecular weight excluding hydrogens is 232 g/mol. The molecule has 19 heavy (non-hydrogen) atoms. The molecule has 0 radical (unpaired) electrons. The highest BCUT2D eigenvalue weighted by atomic mass is 14.9. The van der Waals surface area contributed by atoms with Crippen LogP contribution in [0.3, 0.4) is 0 Å². The van der Waals surface area contributed by atoms with Crippen LogP contribution in [0.5, 0.6) is 0 Å². The number of nitrogens with zero attached hydrogens (tertiary/aromatic N) is 1. The number of rotatable bonds is 4. The summed E-state index contributed by atoms with van der Waals surface area (Å²) in [5.41, 5.74) is 3.95. The molecule has 1 aliphatic rings. The molecule has 2 heteroatoms. The molecule has 0 bridgehead atoms. The average Bonchev–Trinajstić information content (AvgIpc) is 2.40.